The number of anilines is 1. The highest BCUT2D eigenvalue weighted by atomic mass is 32.2. The lowest BCUT2D eigenvalue weighted by Crippen LogP contribution is -2.33. The highest BCUT2D eigenvalue weighted by Crippen LogP contribution is 2.30. The Morgan fingerprint density at radius 3 is 2.52 bits per heavy atom. The molecule has 0 unspecified atom stereocenters. The van der Waals surface area contributed by atoms with Crippen molar-refractivity contribution in [2.45, 2.75) is 30.6 Å². The van der Waals surface area contributed by atoms with Crippen molar-refractivity contribution in [2.24, 2.45) is 11.8 Å². The smallest absolute Gasteiger partial charge is 0.240 e. The summed E-state index contributed by atoms with van der Waals surface area (Å²) in [7, 11) is -2.00. The number of carbonyl (C=O) groups excluding carboxylic acids is 1. The summed E-state index contributed by atoms with van der Waals surface area (Å²) in [5, 5.41) is 5.28. The van der Waals surface area contributed by atoms with Gasteiger partial charge in [0.1, 0.15) is 5.75 Å². The Morgan fingerprint density at radius 1 is 1.22 bits per heavy atom. The van der Waals surface area contributed by atoms with Gasteiger partial charge in [0, 0.05) is 24.0 Å². The third kappa shape index (κ3) is 5.27. The van der Waals surface area contributed by atoms with Gasteiger partial charge in [0.25, 0.3) is 0 Å². The largest absolute Gasteiger partial charge is 0.497 e. The van der Waals surface area contributed by atoms with Crippen LogP contribution in [0.5, 0.6) is 5.75 Å². The summed E-state index contributed by atoms with van der Waals surface area (Å²) in [5.74, 6) is 0.816. The summed E-state index contributed by atoms with van der Waals surface area (Å²) >= 11 is 1.40. The molecule has 1 fully saturated rings. The van der Waals surface area contributed by atoms with Crippen molar-refractivity contribution in [2.75, 3.05) is 19.0 Å². The van der Waals surface area contributed by atoms with E-state index >= 15 is 0 Å². The molecule has 0 saturated heterocycles. The van der Waals surface area contributed by atoms with Gasteiger partial charge < -0.3 is 10.1 Å². The fourth-order valence-corrected chi connectivity index (χ4v) is 4.84. The van der Waals surface area contributed by atoms with E-state index in [0.717, 1.165) is 25.7 Å². The van der Waals surface area contributed by atoms with Crippen LogP contribution in [-0.4, -0.2) is 33.0 Å². The molecule has 0 atom stereocenters. The summed E-state index contributed by atoms with van der Waals surface area (Å²) in [6.07, 6.45) is 4.81. The van der Waals surface area contributed by atoms with Gasteiger partial charge in [-0.2, -0.15) is 0 Å². The molecule has 0 aliphatic heterocycles. The lowest BCUT2D eigenvalue weighted by Gasteiger charge is -2.27. The second-order valence-electron chi connectivity index (χ2n) is 6.57. The molecular weight excluding hydrogens is 386 g/mol. The van der Waals surface area contributed by atoms with Gasteiger partial charge in [-0.1, -0.05) is 0 Å². The van der Waals surface area contributed by atoms with E-state index in [9.17, 15) is 13.2 Å². The lowest BCUT2D eigenvalue weighted by atomic mass is 9.81. The van der Waals surface area contributed by atoms with Gasteiger partial charge in [0.15, 0.2) is 5.13 Å². The Kier molecular flexibility index (Phi) is 6.46. The fourth-order valence-electron chi connectivity index (χ4n) is 3.19. The van der Waals surface area contributed by atoms with E-state index in [1.807, 2.05) is 5.38 Å². The molecule has 146 valence electrons. The van der Waals surface area contributed by atoms with Crippen LogP contribution in [0.4, 0.5) is 5.13 Å². The van der Waals surface area contributed by atoms with E-state index in [-0.39, 0.29) is 22.6 Å². The molecule has 27 heavy (non-hydrogen) atoms. The highest BCUT2D eigenvalue weighted by Gasteiger charge is 2.27. The Hall–Kier alpha value is -1.97. The first-order chi connectivity index (χ1) is 13.0. The molecule has 2 aromatic rings. The van der Waals surface area contributed by atoms with E-state index in [1.165, 1.54) is 30.6 Å². The number of sulfonamides is 1. The average molecular weight is 410 g/mol. The number of methoxy groups -OCH3 is 1. The molecular formula is C18H23N3O4S2. The Bertz CT molecular complexity index is 843. The van der Waals surface area contributed by atoms with E-state index in [0.29, 0.717) is 17.4 Å². The van der Waals surface area contributed by atoms with Crippen molar-refractivity contribution in [3.8, 4) is 5.75 Å². The molecule has 1 heterocycles. The van der Waals surface area contributed by atoms with Crippen molar-refractivity contribution < 1.29 is 17.9 Å². The highest BCUT2D eigenvalue weighted by molar-refractivity contribution is 7.89. The Balaban J connectivity index is 1.46. The number of nitrogens with one attached hydrogen (secondary N) is 2. The number of hydrogen-bond donors (Lipinski definition) is 2. The van der Waals surface area contributed by atoms with Crippen LogP contribution in [0, 0.1) is 11.8 Å². The number of carbonyl (C=O) groups is 1. The number of rotatable bonds is 7. The predicted molar refractivity (Wildman–Crippen MR) is 104 cm³/mol. The molecule has 7 nitrogen and oxygen atoms in total. The minimum Gasteiger partial charge on any atom is -0.497 e. The standard InChI is InChI=1S/C18H23N3O4S2/c1-25-15-6-8-16(9-7-15)27(23,24)20-12-13-2-4-14(5-3-13)17(22)21-18-19-10-11-26-18/h6-11,13-14,20H,2-5,12H2,1H3,(H,19,21,22). The van der Waals surface area contributed by atoms with E-state index in [4.69, 9.17) is 4.74 Å². The van der Waals surface area contributed by atoms with E-state index in [2.05, 4.69) is 15.0 Å². The second-order valence-corrected chi connectivity index (χ2v) is 9.23. The van der Waals surface area contributed by atoms with Crippen LogP contribution < -0.4 is 14.8 Å². The molecule has 1 aromatic carbocycles. The zero-order chi connectivity index (χ0) is 19.3. The van der Waals surface area contributed by atoms with Gasteiger partial charge in [0.2, 0.25) is 15.9 Å². The monoisotopic (exact) mass is 409 g/mol. The third-order valence-electron chi connectivity index (χ3n) is 4.81. The lowest BCUT2D eigenvalue weighted by molar-refractivity contribution is -0.121. The summed E-state index contributed by atoms with van der Waals surface area (Å²) < 4.78 is 32.5. The molecule has 0 bridgehead atoms. The quantitative estimate of drug-likeness (QED) is 0.733. The number of ether oxygens (including phenoxy) is 1. The van der Waals surface area contributed by atoms with Crippen LogP contribution in [0.25, 0.3) is 0 Å². The first-order valence-corrected chi connectivity index (χ1v) is 11.2. The summed E-state index contributed by atoms with van der Waals surface area (Å²) in [5.41, 5.74) is 0. The molecule has 2 N–H and O–H groups in total. The Labute approximate surface area is 163 Å². The first kappa shape index (κ1) is 19.8. The molecule has 1 aromatic heterocycles. The van der Waals surface area contributed by atoms with Crippen molar-refractivity contribution in [1.29, 1.82) is 0 Å². The van der Waals surface area contributed by atoms with E-state index < -0.39 is 10.0 Å². The van der Waals surface area contributed by atoms with Crippen molar-refractivity contribution in [3.63, 3.8) is 0 Å². The van der Waals surface area contributed by atoms with Gasteiger partial charge in [0.05, 0.1) is 12.0 Å². The molecule has 1 aliphatic carbocycles. The number of thiazole rings is 1. The number of amides is 1. The molecule has 0 spiro atoms. The fraction of sp³-hybridized carbons (Fsp3) is 0.444. The summed E-state index contributed by atoms with van der Waals surface area (Å²) in [6, 6.07) is 6.31. The van der Waals surface area contributed by atoms with Gasteiger partial charge in [-0.05, 0) is 55.9 Å². The minimum absolute atomic E-state index is 0.00205. The van der Waals surface area contributed by atoms with Crippen LogP contribution in [0.15, 0.2) is 40.7 Å². The molecule has 1 amide bonds. The minimum atomic E-state index is -3.54. The van der Waals surface area contributed by atoms with Crippen LogP contribution in [0.2, 0.25) is 0 Å². The average Bonchev–Trinajstić information content (AvgIpc) is 3.20. The zero-order valence-electron chi connectivity index (χ0n) is 15.1. The van der Waals surface area contributed by atoms with Gasteiger partial charge >= 0.3 is 0 Å². The van der Waals surface area contributed by atoms with Crippen LogP contribution in [0.3, 0.4) is 0 Å². The van der Waals surface area contributed by atoms with Crippen LogP contribution in [0.1, 0.15) is 25.7 Å². The number of aromatic nitrogens is 1. The predicted octanol–water partition coefficient (Wildman–Crippen LogP) is 2.88. The Morgan fingerprint density at radius 2 is 1.93 bits per heavy atom. The molecule has 3 rings (SSSR count). The van der Waals surface area contributed by atoms with Gasteiger partial charge in [-0.25, -0.2) is 18.1 Å². The number of benzene rings is 1. The molecule has 1 saturated carbocycles. The third-order valence-corrected chi connectivity index (χ3v) is 6.94. The molecule has 1 aliphatic rings. The maximum absolute atomic E-state index is 12.4. The van der Waals surface area contributed by atoms with Crippen LogP contribution in [-0.2, 0) is 14.8 Å². The van der Waals surface area contributed by atoms with Gasteiger partial charge in [-0.3, -0.25) is 4.79 Å². The normalized spacial score (nSPS) is 20.2. The maximum atomic E-state index is 12.4. The van der Waals surface area contributed by atoms with Gasteiger partial charge in [-0.15, -0.1) is 11.3 Å². The van der Waals surface area contributed by atoms with E-state index in [1.54, 1.807) is 18.3 Å². The topological polar surface area (TPSA) is 97.4 Å². The second kappa shape index (κ2) is 8.81. The van der Waals surface area contributed by atoms with Crippen molar-refractivity contribution >= 4 is 32.4 Å². The summed E-state index contributed by atoms with van der Waals surface area (Å²) in [6.45, 7) is 0.384. The van der Waals surface area contributed by atoms with Crippen molar-refractivity contribution in [3.05, 3.63) is 35.8 Å². The molecule has 9 heteroatoms. The van der Waals surface area contributed by atoms with Crippen LogP contribution >= 0.6 is 11.3 Å². The SMILES string of the molecule is COc1ccc(S(=O)(=O)NCC2CCC(C(=O)Nc3nccs3)CC2)cc1. The number of nitrogens with zero attached hydrogens (tertiary/aromatic N) is 1. The van der Waals surface area contributed by atoms with Crippen molar-refractivity contribution in [1.82, 2.24) is 9.71 Å². The zero-order valence-corrected chi connectivity index (χ0v) is 16.7. The first-order valence-electron chi connectivity index (χ1n) is 8.82. The maximum Gasteiger partial charge on any atom is 0.240 e. The number of hydrogen-bond acceptors (Lipinski definition) is 6. The molecule has 0 radical (unpaired) electrons. The summed E-state index contributed by atoms with van der Waals surface area (Å²) in [4.78, 5) is 16.5.